The van der Waals surface area contributed by atoms with Gasteiger partial charge in [-0.25, -0.2) is 4.79 Å². The molecule has 0 unspecified atom stereocenters. The number of nitrogens with zero attached hydrogens (tertiary/aromatic N) is 1. The highest BCUT2D eigenvalue weighted by Gasteiger charge is 2.54. The fourth-order valence-corrected chi connectivity index (χ4v) is 4.43. The second kappa shape index (κ2) is 7.83. The van der Waals surface area contributed by atoms with Crippen LogP contribution in [0.5, 0.6) is 0 Å². The van der Waals surface area contributed by atoms with Crippen LogP contribution in [0.25, 0.3) is 0 Å². The molecule has 0 amide bonds. The van der Waals surface area contributed by atoms with E-state index in [9.17, 15) is 4.79 Å². The van der Waals surface area contributed by atoms with Gasteiger partial charge in [-0.1, -0.05) is 38.2 Å². The first kappa shape index (κ1) is 20.2. The number of hydrogen-bond acceptors (Lipinski definition) is 1. The van der Waals surface area contributed by atoms with Crippen molar-refractivity contribution in [1.29, 1.82) is 0 Å². The van der Waals surface area contributed by atoms with Crippen LogP contribution in [0.1, 0.15) is 86.0 Å². The van der Waals surface area contributed by atoms with E-state index in [1.165, 1.54) is 51.1 Å². The minimum atomic E-state index is -0.807. The predicted molar refractivity (Wildman–Crippen MR) is 97.5 cm³/mol. The molecular weight excluding hydrogens is 286 g/mol. The fourth-order valence-electron chi connectivity index (χ4n) is 4.43. The molecule has 3 heteroatoms. The van der Waals surface area contributed by atoms with E-state index in [0.717, 1.165) is 22.9 Å². The molecule has 0 aromatic heterocycles. The molecule has 134 valence electrons. The van der Waals surface area contributed by atoms with Crippen LogP contribution in [-0.4, -0.2) is 40.2 Å². The monoisotopic (exact) mass is 324 g/mol. The lowest BCUT2D eigenvalue weighted by Crippen LogP contribution is -2.71. The van der Waals surface area contributed by atoms with Gasteiger partial charge in [-0.2, -0.15) is 0 Å². The van der Waals surface area contributed by atoms with Crippen LogP contribution >= 0.6 is 0 Å². The highest BCUT2D eigenvalue weighted by atomic mass is 16.4. The van der Waals surface area contributed by atoms with Gasteiger partial charge in [0.25, 0.3) is 0 Å². The van der Waals surface area contributed by atoms with Gasteiger partial charge in [0, 0.05) is 18.9 Å². The van der Waals surface area contributed by atoms with E-state index in [2.05, 4.69) is 41.7 Å². The second-order valence-corrected chi connectivity index (χ2v) is 8.80. The first-order valence-corrected chi connectivity index (χ1v) is 9.34. The average molecular weight is 325 g/mol. The molecule has 1 heterocycles. The molecular formula is C20H38NO2+. The summed E-state index contributed by atoms with van der Waals surface area (Å²) in [6, 6.07) is 0. The summed E-state index contributed by atoms with van der Waals surface area (Å²) >= 11 is 0. The molecule has 0 aliphatic carbocycles. The minimum absolute atomic E-state index is 0.0758. The number of aliphatic carboxylic acids is 1. The van der Waals surface area contributed by atoms with Crippen LogP contribution < -0.4 is 0 Å². The smallest absolute Gasteiger partial charge is 0.328 e. The average Bonchev–Trinajstić information content (AvgIpc) is 2.38. The third-order valence-electron chi connectivity index (χ3n) is 6.28. The van der Waals surface area contributed by atoms with E-state index >= 15 is 0 Å². The number of likely N-dealkylation sites (tertiary alicyclic amines) is 1. The van der Waals surface area contributed by atoms with E-state index in [0.29, 0.717) is 0 Å². The Kier molecular flexibility index (Phi) is 6.88. The van der Waals surface area contributed by atoms with Gasteiger partial charge >= 0.3 is 5.97 Å². The van der Waals surface area contributed by atoms with Gasteiger partial charge in [-0.15, -0.1) is 0 Å². The fraction of sp³-hybridized carbons (Fsp3) is 0.850. The Morgan fingerprint density at radius 3 is 2.00 bits per heavy atom. The van der Waals surface area contributed by atoms with E-state index < -0.39 is 5.97 Å². The highest BCUT2D eigenvalue weighted by Crippen LogP contribution is 2.46. The molecule has 1 aliphatic heterocycles. The number of carbonyl (C=O) groups is 1. The van der Waals surface area contributed by atoms with Crippen LogP contribution in [0.4, 0.5) is 0 Å². The van der Waals surface area contributed by atoms with E-state index in [1.54, 1.807) is 0 Å². The summed E-state index contributed by atoms with van der Waals surface area (Å²) in [6.45, 7) is 12.7. The molecule has 0 aromatic carbocycles. The molecule has 1 N–H and O–H groups in total. The molecule has 1 saturated heterocycles. The molecule has 0 spiro atoms. The van der Waals surface area contributed by atoms with Crippen LogP contribution in [0.2, 0.25) is 0 Å². The van der Waals surface area contributed by atoms with Gasteiger partial charge in [0.15, 0.2) is 0 Å². The van der Waals surface area contributed by atoms with Crippen LogP contribution in [0, 0.1) is 0 Å². The lowest BCUT2D eigenvalue weighted by Gasteiger charge is -2.60. The summed E-state index contributed by atoms with van der Waals surface area (Å²) in [7, 11) is 2.38. The lowest BCUT2D eigenvalue weighted by atomic mass is 9.73. The number of hydrogen-bond donors (Lipinski definition) is 1. The Bertz CT molecular complexity index is 415. The number of carboxylic acids is 1. The Morgan fingerprint density at radius 2 is 1.52 bits per heavy atom. The first-order chi connectivity index (χ1) is 10.6. The van der Waals surface area contributed by atoms with Gasteiger partial charge in [0.05, 0.1) is 24.7 Å². The maximum absolute atomic E-state index is 11.1. The number of quaternary nitrogens is 1. The van der Waals surface area contributed by atoms with Gasteiger partial charge < -0.3 is 9.59 Å². The third kappa shape index (κ3) is 4.82. The number of rotatable bonds is 8. The Balaban J connectivity index is 2.77. The Labute approximate surface area is 143 Å². The number of carboxylic acid groups (broad SMARTS) is 1. The van der Waals surface area contributed by atoms with Crippen molar-refractivity contribution in [3.63, 3.8) is 0 Å². The summed E-state index contributed by atoms with van der Waals surface area (Å²) in [4.78, 5) is 11.1. The highest BCUT2D eigenvalue weighted by molar-refractivity contribution is 5.80. The van der Waals surface area contributed by atoms with Crippen molar-refractivity contribution < 1.29 is 14.4 Å². The molecule has 1 rings (SSSR count). The van der Waals surface area contributed by atoms with Gasteiger partial charge in [0.1, 0.15) is 0 Å². The SMILES string of the molecule is CCCCCCCC[N+]1(C)C(C)(C)CC(=CC(=O)O)CC1(C)C. The maximum atomic E-state index is 11.1. The zero-order chi connectivity index (χ0) is 17.7. The van der Waals surface area contributed by atoms with Gasteiger partial charge in [-0.05, 0) is 40.5 Å². The van der Waals surface area contributed by atoms with E-state index in [1.807, 2.05) is 0 Å². The zero-order valence-corrected chi connectivity index (χ0v) is 16.2. The van der Waals surface area contributed by atoms with Crippen molar-refractivity contribution in [2.45, 2.75) is 97.1 Å². The normalized spacial score (nSPS) is 26.1. The second-order valence-electron chi connectivity index (χ2n) is 8.80. The van der Waals surface area contributed by atoms with Crippen LogP contribution in [-0.2, 0) is 4.79 Å². The molecule has 3 nitrogen and oxygen atoms in total. The molecule has 0 saturated carbocycles. The molecule has 1 aliphatic rings. The number of piperidine rings is 1. The minimum Gasteiger partial charge on any atom is -0.478 e. The lowest BCUT2D eigenvalue weighted by molar-refractivity contribution is -1.00. The van der Waals surface area contributed by atoms with Crippen molar-refractivity contribution in [2.24, 2.45) is 0 Å². The molecule has 0 bridgehead atoms. The summed E-state index contributed by atoms with van der Waals surface area (Å²) in [6.07, 6.45) is 11.2. The van der Waals surface area contributed by atoms with Crippen molar-refractivity contribution in [1.82, 2.24) is 0 Å². The van der Waals surface area contributed by atoms with Gasteiger partial charge in [0.2, 0.25) is 0 Å². The van der Waals surface area contributed by atoms with Crippen LogP contribution in [0.3, 0.4) is 0 Å². The molecule has 0 aromatic rings. The van der Waals surface area contributed by atoms with Crippen molar-refractivity contribution in [2.75, 3.05) is 13.6 Å². The van der Waals surface area contributed by atoms with Crippen molar-refractivity contribution in [3.8, 4) is 0 Å². The molecule has 1 fully saturated rings. The maximum Gasteiger partial charge on any atom is 0.328 e. The largest absolute Gasteiger partial charge is 0.478 e. The first-order valence-electron chi connectivity index (χ1n) is 9.34. The quantitative estimate of drug-likeness (QED) is 0.380. The zero-order valence-electron chi connectivity index (χ0n) is 16.2. The molecule has 23 heavy (non-hydrogen) atoms. The van der Waals surface area contributed by atoms with Crippen LogP contribution in [0.15, 0.2) is 11.6 Å². The summed E-state index contributed by atoms with van der Waals surface area (Å²) in [5.41, 5.74) is 1.24. The molecule has 0 atom stereocenters. The van der Waals surface area contributed by atoms with E-state index in [-0.39, 0.29) is 11.1 Å². The summed E-state index contributed by atoms with van der Waals surface area (Å²) in [5.74, 6) is -0.807. The van der Waals surface area contributed by atoms with Gasteiger partial charge in [-0.3, -0.25) is 0 Å². The summed E-state index contributed by atoms with van der Waals surface area (Å²) in [5, 5.41) is 9.10. The van der Waals surface area contributed by atoms with Crippen molar-refractivity contribution >= 4 is 5.97 Å². The third-order valence-corrected chi connectivity index (χ3v) is 6.28. The number of unbranched alkanes of at least 4 members (excludes halogenated alkanes) is 5. The standard InChI is InChI=1S/C20H37NO2/c1-7-8-9-10-11-12-13-21(6)19(2,3)15-17(14-18(22)23)16-20(21,4)5/h14H,7-13,15-16H2,1-6H3/p+1. The molecule has 0 radical (unpaired) electrons. The van der Waals surface area contributed by atoms with Crippen molar-refractivity contribution in [3.05, 3.63) is 11.6 Å². The summed E-state index contributed by atoms with van der Waals surface area (Å²) < 4.78 is 1.03. The topological polar surface area (TPSA) is 37.3 Å². The predicted octanol–water partition coefficient (Wildman–Crippen LogP) is 5.16. The van der Waals surface area contributed by atoms with E-state index in [4.69, 9.17) is 5.11 Å². The Morgan fingerprint density at radius 1 is 1.04 bits per heavy atom. The Hall–Kier alpha value is -0.830.